The lowest BCUT2D eigenvalue weighted by molar-refractivity contribution is 0.163. The minimum atomic E-state index is -0.644. The van der Waals surface area contributed by atoms with Crippen molar-refractivity contribution in [1.82, 2.24) is 9.97 Å². The average Bonchev–Trinajstić information content (AvgIpc) is 2.99. The van der Waals surface area contributed by atoms with Crippen molar-refractivity contribution in [3.8, 4) is 18.2 Å². The average molecular weight is 281 g/mol. The van der Waals surface area contributed by atoms with Crippen molar-refractivity contribution in [1.29, 1.82) is 0 Å². The highest BCUT2D eigenvalue weighted by atomic mass is 79.9. The molecule has 2 rings (SSSR count). The predicted octanol–water partition coefficient (Wildman–Crippen LogP) is 2.91. The summed E-state index contributed by atoms with van der Waals surface area (Å²) in [5, 5.41) is 0. The van der Waals surface area contributed by atoms with Crippen molar-refractivity contribution in [3.63, 3.8) is 0 Å². The minimum Gasteiger partial charge on any atom is -0.458 e. The fourth-order valence-electron chi connectivity index (χ4n) is 1.28. The van der Waals surface area contributed by atoms with E-state index in [9.17, 15) is 0 Å². The van der Waals surface area contributed by atoms with E-state index in [-0.39, 0.29) is 0 Å². The molecule has 0 bridgehead atoms. The van der Waals surface area contributed by atoms with Crippen LogP contribution in [0.4, 0.5) is 0 Å². The summed E-state index contributed by atoms with van der Waals surface area (Å²) < 4.78 is 6.38. The maximum absolute atomic E-state index is 5.63. The van der Waals surface area contributed by atoms with Crippen LogP contribution in [0, 0.1) is 12.3 Å². The summed E-state index contributed by atoms with van der Waals surface area (Å²) in [4.78, 5) is 8.70. The largest absolute Gasteiger partial charge is 0.458 e. The van der Waals surface area contributed by atoms with Gasteiger partial charge in [0.1, 0.15) is 10.4 Å². The van der Waals surface area contributed by atoms with Gasteiger partial charge in [-0.05, 0) is 42.6 Å². The molecule has 1 aliphatic rings. The molecule has 16 heavy (non-hydrogen) atoms. The van der Waals surface area contributed by atoms with E-state index in [1.165, 1.54) is 0 Å². The Morgan fingerprint density at radius 2 is 2.19 bits per heavy atom. The molecule has 0 spiro atoms. The Labute approximate surface area is 104 Å². The Kier molecular flexibility index (Phi) is 2.90. The zero-order chi connectivity index (χ0) is 11.8. The van der Waals surface area contributed by atoms with Gasteiger partial charge in [-0.15, -0.1) is 6.42 Å². The molecule has 0 unspecified atom stereocenters. The number of hydrogen-bond acceptors (Lipinski definition) is 3. The van der Waals surface area contributed by atoms with Gasteiger partial charge in [0.15, 0.2) is 5.60 Å². The molecule has 0 saturated heterocycles. The normalized spacial score (nSPS) is 15.6. The molecular formula is C12H13BrN2O. The molecule has 0 radical (unpaired) electrons. The van der Waals surface area contributed by atoms with Gasteiger partial charge in [0, 0.05) is 12.0 Å². The number of hydrogen-bond donors (Lipinski definition) is 0. The zero-order valence-electron chi connectivity index (χ0n) is 9.33. The van der Waals surface area contributed by atoms with E-state index in [1.54, 1.807) is 6.07 Å². The standard InChI is InChI=1S/C12H13BrN2O/c1-4-12(2,3)16-10-7-9(13)14-11(15-10)8-5-6-8/h1,7-8H,5-6H2,2-3H3. The van der Waals surface area contributed by atoms with Crippen molar-refractivity contribution in [2.75, 3.05) is 0 Å². The quantitative estimate of drug-likeness (QED) is 0.631. The van der Waals surface area contributed by atoms with Crippen LogP contribution in [0.25, 0.3) is 0 Å². The van der Waals surface area contributed by atoms with E-state index >= 15 is 0 Å². The molecule has 84 valence electrons. The number of halogens is 1. The van der Waals surface area contributed by atoms with Crippen molar-refractivity contribution in [2.24, 2.45) is 0 Å². The van der Waals surface area contributed by atoms with Crippen LogP contribution in [0.2, 0.25) is 0 Å². The van der Waals surface area contributed by atoms with Gasteiger partial charge in [0.25, 0.3) is 0 Å². The van der Waals surface area contributed by atoms with Crippen LogP contribution in [0.3, 0.4) is 0 Å². The molecule has 3 nitrogen and oxygen atoms in total. The fourth-order valence-corrected chi connectivity index (χ4v) is 1.66. The molecular weight excluding hydrogens is 268 g/mol. The zero-order valence-corrected chi connectivity index (χ0v) is 10.9. The second-order valence-corrected chi connectivity index (χ2v) is 5.23. The van der Waals surface area contributed by atoms with E-state index in [4.69, 9.17) is 11.2 Å². The Hall–Kier alpha value is -1.08. The summed E-state index contributed by atoms with van der Waals surface area (Å²) in [5.74, 6) is 4.45. The van der Waals surface area contributed by atoms with Crippen molar-refractivity contribution >= 4 is 15.9 Å². The number of terminal acetylenes is 1. The summed E-state index contributed by atoms with van der Waals surface area (Å²) in [6.45, 7) is 3.67. The van der Waals surface area contributed by atoms with Gasteiger partial charge in [0.2, 0.25) is 5.88 Å². The molecule has 1 saturated carbocycles. The summed E-state index contributed by atoms with van der Waals surface area (Å²) in [6.07, 6.45) is 7.69. The lowest BCUT2D eigenvalue weighted by Gasteiger charge is -2.19. The van der Waals surface area contributed by atoms with Crippen LogP contribution in [0.1, 0.15) is 38.4 Å². The molecule has 1 aromatic heterocycles. The summed E-state index contributed by atoms with van der Waals surface area (Å²) in [7, 11) is 0. The first kappa shape index (κ1) is 11.4. The van der Waals surface area contributed by atoms with Gasteiger partial charge in [-0.3, -0.25) is 0 Å². The molecule has 0 aromatic carbocycles. The van der Waals surface area contributed by atoms with E-state index < -0.39 is 5.60 Å². The number of aromatic nitrogens is 2. The molecule has 1 aromatic rings. The highest BCUT2D eigenvalue weighted by Gasteiger charge is 2.28. The molecule has 0 N–H and O–H groups in total. The molecule has 1 aliphatic carbocycles. The van der Waals surface area contributed by atoms with E-state index in [1.807, 2.05) is 13.8 Å². The second kappa shape index (κ2) is 4.06. The van der Waals surface area contributed by atoms with Crippen LogP contribution >= 0.6 is 15.9 Å². The van der Waals surface area contributed by atoms with E-state index in [2.05, 4.69) is 31.8 Å². The maximum atomic E-state index is 5.63. The topological polar surface area (TPSA) is 35.0 Å². The van der Waals surface area contributed by atoms with Crippen LogP contribution < -0.4 is 4.74 Å². The highest BCUT2D eigenvalue weighted by Crippen LogP contribution is 2.39. The van der Waals surface area contributed by atoms with Gasteiger partial charge in [-0.2, -0.15) is 4.98 Å². The van der Waals surface area contributed by atoms with Crippen molar-refractivity contribution in [2.45, 2.75) is 38.2 Å². The monoisotopic (exact) mass is 280 g/mol. The van der Waals surface area contributed by atoms with E-state index in [0.717, 1.165) is 23.3 Å². The third-order valence-corrected chi connectivity index (χ3v) is 2.74. The first-order valence-electron chi connectivity index (χ1n) is 5.21. The van der Waals surface area contributed by atoms with Crippen molar-refractivity contribution < 1.29 is 4.74 Å². The highest BCUT2D eigenvalue weighted by molar-refractivity contribution is 9.10. The Morgan fingerprint density at radius 3 is 2.75 bits per heavy atom. The number of ether oxygens (including phenoxy) is 1. The van der Waals surface area contributed by atoms with Gasteiger partial charge >= 0.3 is 0 Å². The maximum Gasteiger partial charge on any atom is 0.219 e. The molecule has 1 heterocycles. The second-order valence-electron chi connectivity index (χ2n) is 4.42. The van der Waals surface area contributed by atoms with Crippen LogP contribution in [0.5, 0.6) is 5.88 Å². The third-order valence-electron chi connectivity index (χ3n) is 2.34. The van der Waals surface area contributed by atoms with Gasteiger partial charge < -0.3 is 4.74 Å². The molecule has 0 atom stereocenters. The smallest absolute Gasteiger partial charge is 0.219 e. The van der Waals surface area contributed by atoms with Gasteiger partial charge in [-0.1, -0.05) is 5.92 Å². The Morgan fingerprint density at radius 1 is 1.50 bits per heavy atom. The molecule has 1 fully saturated rings. The minimum absolute atomic E-state index is 0.494. The lowest BCUT2D eigenvalue weighted by Crippen LogP contribution is -2.26. The summed E-state index contributed by atoms with van der Waals surface area (Å²) in [6, 6.07) is 1.74. The molecule has 0 amide bonds. The van der Waals surface area contributed by atoms with Crippen LogP contribution in [0.15, 0.2) is 10.7 Å². The number of rotatable bonds is 3. The molecule has 4 heteroatoms. The SMILES string of the molecule is C#CC(C)(C)Oc1cc(Br)nc(C2CC2)n1. The van der Waals surface area contributed by atoms with Crippen LogP contribution in [-0.4, -0.2) is 15.6 Å². The Balaban J connectivity index is 2.24. The number of nitrogens with zero attached hydrogens (tertiary/aromatic N) is 2. The molecule has 0 aliphatic heterocycles. The van der Waals surface area contributed by atoms with Gasteiger partial charge in [-0.25, -0.2) is 4.98 Å². The van der Waals surface area contributed by atoms with E-state index in [0.29, 0.717) is 11.8 Å². The first-order valence-corrected chi connectivity index (χ1v) is 6.01. The summed E-state index contributed by atoms with van der Waals surface area (Å²) >= 11 is 3.36. The predicted molar refractivity (Wildman–Crippen MR) is 65.2 cm³/mol. The Bertz CT molecular complexity index is 447. The fraction of sp³-hybridized carbons (Fsp3) is 0.500. The van der Waals surface area contributed by atoms with Gasteiger partial charge in [0.05, 0.1) is 0 Å². The lowest BCUT2D eigenvalue weighted by atomic mass is 10.1. The first-order chi connectivity index (χ1) is 7.50. The third kappa shape index (κ3) is 2.73. The van der Waals surface area contributed by atoms with Crippen LogP contribution in [-0.2, 0) is 0 Å². The summed E-state index contributed by atoms with van der Waals surface area (Å²) in [5.41, 5.74) is -0.644. The van der Waals surface area contributed by atoms with Crippen molar-refractivity contribution in [3.05, 3.63) is 16.5 Å².